The molecule has 0 saturated carbocycles. The van der Waals surface area contributed by atoms with Gasteiger partial charge in [-0.15, -0.1) is 0 Å². The number of hydrogen-bond donors (Lipinski definition) is 2. The second-order valence-corrected chi connectivity index (χ2v) is 6.42. The van der Waals surface area contributed by atoms with Crippen LogP contribution in [0, 0.1) is 5.82 Å². The molecule has 0 aliphatic carbocycles. The molecule has 5 nitrogen and oxygen atoms in total. The quantitative estimate of drug-likeness (QED) is 0.713. The molecule has 20 heavy (non-hydrogen) atoms. The first-order valence-electron chi connectivity index (χ1n) is 6.35. The van der Waals surface area contributed by atoms with Crippen molar-refractivity contribution in [3.8, 4) is 5.75 Å². The van der Waals surface area contributed by atoms with Gasteiger partial charge in [-0.05, 0) is 26.0 Å². The molecule has 114 valence electrons. The fourth-order valence-electron chi connectivity index (χ4n) is 1.76. The summed E-state index contributed by atoms with van der Waals surface area (Å²) in [7, 11) is -1.65. The van der Waals surface area contributed by atoms with E-state index in [1.54, 1.807) is 12.1 Å². The van der Waals surface area contributed by atoms with Gasteiger partial charge in [0.25, 0.3) is 0 Å². The van der Waals surface area contributed by atoms with Crippen LogP contribution < -0.4 is 14.8 Å². The molecule has 0 aliphatic heterocycles. The summed E-state index contributed by atoms with van der Waals surface area (Å²) >= 11 is 0. The number of sulfonamides is 1. The molecule has 2 N–H and O–H groups in total. The van der Waals surface area contributed by atoms with Gasteiger partial charge in [0.2, 0.25) is 10.0 Å². The van der Waals surface area contributed by atoms with E-state index >= 15 is 0 Å². The van der Waals surface area contributed by atoms with Crippen LogP contribution in [0.1, 0.15) is 24.9 Å². The zero-order valence-corrected chi connectivity index (χ0v) is 12.8. The first-order chi connectivity index (χ1) is 9.33. The number of halogens is 1. The van der Waals surface area contributed by atoms with Crippen LogP contribution in [0.5, 0.6) is 5.75 Å². The van der Waals surface area contributed by atoms with Gasteiger partial charge in [-0.2, -0.15) is 0 Å². The molecule has 0 radical (unpaired) electrons. The Morgan fingerprint density at radius 3 is 2.60 bits per heavy atom. The maximum Gasteiger partial charge on any atom is 0.208 e. The lowest BCUT2D eigenvalue weighted by Crippen LogP contribution is -2.27. The lowest BCUT2D eigenvalue weighted by atomic mass is 10.1. The van der Waals surface area contributed by atoms with E-state index in [4.69, 9.17) is 4.74 Å². The van der Waals surface area contributed by atoms with Crippen LogP contribution in [0.4, 0.5) is 4.39 Å². The third kappa shape index (κ3) is 5.85. The maximum absolute atomic E-state index is 13.8. The number of ether oxygens (including phenoxy) is 1. The Hall–Kier alpha value is -1.18. The molecule has 0 saturated heterocycles. The summed E-state index contributed by atoms with van der Waals surface area (Å²) in [4.78, 5) is 0. The predicted octanol–water partition coefficient (Wildman–Crippen LogP) is 1.42. The summed E-state index contributed by atoms with van der Waals surface area (Å²) in [5, 5.41) is 3.15. The summed E-state index contributed by atoms with van der Waals surface area (Å²) < 4.78 is 42.9. The van der Waals surface area contributed by atoms with E-state index in [0.29, 0.717) is 30.8 Å². The van der Waals surface area contributed by atoms with Crippen LogP contribution in [-0.4, -0.2) is 34.9 Å². The van der Waals surface area contributed by atoms with Crippen molar-refractivity contribution in [2.45, 2.75) is 19.4 Å². The average Bonchev–Trinajstić information content (AvgIpc) is 2.36. The molecule has 0 bridgehead atoms. The standard InChI is InChI=1S/C13H21FN2O3S/c1-10(15-7-4-8-16-20(3,17)18)12-6-5-11(19-2)9-13(12)14/h5-6,9-10,15-16H,4,7-8H2,1-3H3. The van der Waals surface area contributed by atoms with Gasteiger partial charge >= 0.3 is 0 Å². The van der Waals surface area contributed by atoms with Crippen LogP contribution in [0.3, 0.4) is 0 Å². The monoisotopic (exact) mass is 304 g/mol. The topological polar surface area (TPSA) is 67.4 Å². The highest BCUT2D eigenvalue weighted by molar-refractivity contribution is 7.88. The third-order valence-corrected chi connectivity index (χ3v) is 3.57. The molecule has 0 aliphatic rings. The summed E-state index contributed by atoms with van der Waals surface area (Å²) in [6, 6.07) is 4.58. The number of nitrogens with one attached hydrogen (secondary N) is 2. The van der Waals surface area contributed by atoms with Gasteiger partial charge in [-0.3, -0.25) is 0 Å². The normalized spacial score (nSPS) is 13.2. The fourth-order valence-corrected chi connectivity index (χ4v) is 2.28. The second kappa shape index (κ2) is 7.56. The SMILES string of the molecule is COc1ccc(C(C)NCCCNS(C)(=O)=O)c(F)c1. The van der Waals surface area contributed by atoms with Gasteiger partial charge in [0, 0.05) is 24.2 Å². The van der Waals surface area contributed by atoms with Crippen molar-refractivity contribution in [3.63, 3.8) is 0 Å². The molecule has 0 heterocycles. The molecular weight excluding hydrogens is 283 g/mol. The first-order valence-corrected chi connectivity index (χ1v) is 8.24. The van der Waals surface area contributed by atoms with Crippen molar-refractivity contribution in [2.75, 3.05) is 26.5 Å². The Morgan fingerprint density at radius 2 is 2.05 bits per heavy atom. The number of rotatable bonds is 8. The highest BCUT2D eigenvalue weighted by Gasteiger charge is 2.11. The zero-order chi connectivity index (χ0) is 15.2. The molecule has 0 spiro atoms. The maximum atomic E-state index is 13.8. The van der Waals surface area contributed by atoms with E-state index in [1.165, 1.54) is 13.2 Å². The molecule has 0 aromatic heterocycles. The molecule has 1 unspecified atom stereocenters. The van der Waals surface area contributed by atoms with Crippen molar-refractivity contribution in [3.05, 3.63) is 29.6 Å². The molecule has 0 amide bonds. The average molecular weight is 304 g/mol. The van der Waals surface area contributed by atoms with E-state index < -0.39 is 10.0 Å². The lowest BCUT2D eigenvalue weighted by molar-refractivity contribution is 0.409. The van der Waals surface area contributed by atoms with Gasteiger partial charge in [0.15, 0.2) is 0 Å². The van der Waals surface area contributed by atoms with Gasteiger partial charge in [0.1, 0.15) is 11.6 Å². The van der Waals surface area contributed by atoms with Crippen molar-refractivity contribution >= 4 is 10.0 Å². The number of benzene rings is 1. The van der Waals surface area contributed by atoms with Crippen LogP contribution in [-0.2, 0) is 10.0 Å². The Bertz CT molecular complexity index is 534. The van der Waals surface area contributed by atoms with Crippen molar-refractivity contribution in [1.29, 1.82) is 0 Å². The lowest BCUT2D eigenvalue weighted by Gasteiger charge is -2.15. The number of methoxy groups -OCH3 is 1. The van der Waals surface area contributed by atoms with Crippen molar-refractivity contribution in [1.82, 2.24) is 10.0 Å². The van der Waals surface area contributed by atoms with Gasteiger partial charge in [-0.1, -0.05) is 6.07 Å². The van der Waals surface area contributed by atoms with Crippen LogP contribution >= 0.6 is 0 Å². The minimum Gasteiger partial charge on any atom is -0.497 e. The van der Waals surface area contributed by atoms with Crippen molar-refractivity contribution in [2.24, 2.45) is 0 Å². The van der Waals surface area contributed by atoms with Crippen molar-refractivity contribution < 1.29 is 17.5 Å². The second-order valence-electron chi connectivity index (χ2n) is 4.58. The molecule has 1 aromatic rings. The van der Waals surface area contributed by atoms with E-state index in [9.17, 15) is 12.8 Å². The first kappa shape index (κ1) is 16.9. The number of hydrogen-bond acceptors (Lipinski definition) is 4. The minimum absolute atomic E-state index is 0.154. The predicted molar refractivity (Wildman–Crippen MR) is 76.8 cm³/mol. The molecule has 1 aromatic carbocycles. The zero-order valence-electron chi connectivity index (χ0n) is 11.9. The molecule has 1 atom stereocenters. The van der Waals surface area contributed by atoms with Gasteiger partial charge in [0.05, 0.1) is 13.4 Å². The Labute approximate surface area is 119 Å². The van der Waals surface area contributed by atoms with Crippen LogP contribution in [0.2, 0.25) is 0 Å². The van der Waals surface area contributed by atoms with E-state index in [2.05, 4.69) is 10.0 Å². The summed E-state index contributed by atoms with van der Waals surface area (Å²) in [6.07, 6.45) is 1.75. The minimum atomic E-state index is -3.14. The summed E-state index contributed by atoms with van der Waals surface area (Å²) in [5.41, 5.74) is 0.557. The van der Waals surface area contributed by atoms with Crippen LogP contribution in [0.25, 0.3) is 0 Å². The van der Waals surface area contributed by atoms with E-state index in [-0.39, 0.29) is 11.9 Å². The smallest absolute Gasteiger partial charge is 0.208 e. The molecular formula is C13H21FN2O3S. The molecule has 7 heteroatoms. The summed E-state index contributed by atoms with van der Waals surface area (Å²) in [5.74, 6) is 0.161. The third-order valence-electron chi connectivity index (χ3n) is 2.84. The molecule has 1 rings (SSSR count). The Balaban J connectivity index is 2.41. The Morgan fingerprint density at radius 1 is 1.35 bits per heavy atom. The largest absolute Gasteiger partial charge is 0.497 e. The highest BCUT2D eigenvalue weighted by atomic mass is 32.2. The van der Waals surface area contributed by atoms with Gasteiger partial charge in [-0.25, -0.2) is 17.5 Å². The van der Waals surface area contributed by atoms with E-state index in [0.717, 1.165) is 6.26 Å². The van der Waals surface area contributed by atoms with Crippen LogP contribution in [0.15, 0.2) is 18.2 Å². The fraction of sp³-hybridized carbons (Fsp3) is 0.538. The molecule has 0 fully saturated rings. The summed E-state index contributed by atoms with van der Waals surface area (Å²) in [6.45, 7) is 2.81. The Kier molecular flexibility index (Phi) is 6.38. The van der Waals surface area contributed by atoms with E-state index in [1.807, 2.05) is 6.92 Å². The van der Waals surface area contributed by atoms with Gasteiger partial charge < -0.3 is 10.1 Å². The highest BCUT2D eigenvalue weighted by Crippen LogP contribution is 2.21.